The van der Waals surface area contributed by atoms with Crippen LogP contribution in [0.1, 0.15) is 35.0 Å². The molecule has 7 heteroatoms. The molecular formula is C10H16N6S. The highest BCUT2D eigenvalue weighted by Gasteiger charge is 2.19. The lowest BCUT2D eigenvalue weighted by molar-refractivity contribution is 0.515. The van der Waals surface area contributed by atoms with Crippen molar-refractivity contribution in [1.29, 1.82) is 0 Å². The molecule has 0 radical (unpaired) electrons. The third kappa shape index (κ3) is 2.51. The van der Waals surface area contributed by atoms with E-state index in [4.69, 9.17) is 5.84 Å². The van der Waals surface area contributed by atoms with E-state index in [-0.39, 0.29) is 6.04 Å². The second-order valence-corrected chi connectivity index (χ2v) is 5.03. The maximum Gasteiger partial charge on any atom is 0.100 e. The van der Waals surface area contributed by atoms with Gasteiger partial charge in [0.05, 0.1) is 16.9 Å². The van der Waals surface area contributed by atoms with Crippen LogP contribution >= 0.6 is 11.3 Å². The summed E-state index contributed by atoms with van der Waals surface area (Å²) in [4.78, 5) is 5.32. The standard InChI is InChI=1S/C10H16N6S/c1-3-4-16-8(5-13-15-16)10(14-11)9-6-12-7(2)17-9/h5-6,10,14H,3-4,11H2,1-2H3. The summed E-state index contributed by atoms with van der Waals surface area (Å²) >= 11 is 1.62. The Bertz CT molecular complexity index is 477. The van der Waals surface area contributed by atoms with Gasteiger partial charge in [-0.2, -0.15) is 0 Å². The quantitative estimate of drug-likeness (QED) is 0.613. The molecule has 2 rings (SSSR count). The normalized spacial score (nSPS) is 12.9. The van der Waals surface area contributed by atoms with Crippen molar-refractivity contribution in [3.63, 3.8) is 0 Å². The summed E-state index contributed by atoms with van der Waals surface area (Å²) in [6, 6.07) is -0.0947. The molecule has 0 aliphatic rings. The molecule has 2 heterocycles. The first-order valence-corrected chi connectivity index (χ1v) is 6.34. The lowest BCUT2D eigenvalue weighted by Crippen LogP contribution is -2.30. The molecule has 3 N–H and O–H groups in total. The van der Waals surface area contributed by atoms with Gasteiger partial charge < -0.3 is 0 Å². The summed E-state index contributed by atoms with van der Waals surface area (Å²) in [5.74, 6) is 5.63. The van der Waals surface area contributed by atoms with E-state index in [0.717, 1.165) is 28.5 Å². The average Bonchev–Trinajstić information content (AvgIpc) is 2.91. The zero-order valence-corrected chi connectivity index (χ0v) is 10.7. The van der Waals surface area contributed by atoms with Gasteiger partial charge in [0.25, 0.3) is 0 Å². The number of nitrogens with zero attached hydrogens (tertiary/aromatic N) is 4. The highest BCUT2D eigenvalue weighted by Crippen LogP contribution is 2.25. The fourth-order valence-corrected chi connectivity index (χ4v) is 2.56. The summed E-state index contributed by atoms with van der Waals surface area (Å²) in [6.07, 6.45) is 4.60. The number of hydrogen-bond donors (Lipinski definition) is 2. The summed E-state index contributed by atoms with van der Waals surface area (Å²) in [5.41, 5.74) is 3.77. The Hall–Kier alpha value is -1.31. The predicted octanol–water partition coefficient (Wildman–Crippen LogP) is 1.01. The predicted molar refractivity (Wildman–Crippen MR) is 66.3 cm³/mol. The molecule has 0 bridgehead atoms. The van der Waals surface area contributed by atoms with Crippen molar-refractivity contribution < 1.29 is 0 Å². The van der Waals surface area contributed by atoms with Crippen LogP contribution in [0.25, 0.3) is 0 Å². The molecule has 0 saturated carbocycles. The molecule has 2 aromatic heterocycles. The zero-order chi connectivity index (χ0) is 12.3. The molecule has 1 atom stereocenters. The van der Waals surface area contributed by atoms with Gasteiger partial charge in [0, 0.05) is 17.6 Å². The third-order valence-corrected chi connectivity index (χ3v) is 3.45. The number of nitrogens with two attached hydrogens (primary N) is 1. The average molecular weight is 252 g/mol. The molecule has 0 aliphatic carbocycles. The molecule has 1 unspecified atom stereocenters. The third-order valence-electron chi connectivity index (χ3n) is 2.47. The van der Waals surface area contributed by atoms with Crippen molar-refractivity contribution >= 4 is 11.3 Å². The monoisotopic (exact) mass is 252 g/mol. The smallest absolute Gasteiger partial charge is 0.100 e. The van der Waals surface area contributed by atoms with Crippen LogP contribution in [0.2, 0.25) is 0 Å². The first-order valence-electron chi connectivity index (χ1n) is 5.53. The van der Waals surface area contributed by atoms with Gasteiger partial charge in [0.2, 0.25) is 0 Å². The first kappa shape index (κ1) is 12.2. The second-order valence-electron chi connectivity index (χ2n) is 3.76. The maximum absolute atomic E-state index is 5.63. The molecule has 0 aromatic carbocycles. The highest BCUT2D eigenvalue weighted by molar-refractivity contribution is 7.11. The number of thiazole rings is 1. The zero-order valence-electron chi connectivity index (χ0n) is 9.92. The van der Waals surface area contributed by atoms with Crippen molar-refractivity contribution in [2.75, 3.05) is 0 Å². The van der Waals surface area contributed by atoms with Gasteiger partial charge in [-0.3, -0.25) is 5.84 Å². The van der Waals surface area contributed by atoms with Crippen molar-refractivity contribution in [2.24, 2.45) is 5.84 Å². The minimum Gasteiger partial charge on any atom is -0.270 e. The van der Waals surface area contributed by atoms with Crippen LogP contribution in [-0.4, -0.2) is 20.0 Å². The summed E-state index contributed by atoms with van der Waals surface area (Å²) in [6.45, 7) is 4.92. The van der Waals surface area contributed by atoms with Crippen molar-refractivity contribution in [2.45, 2.75) is 32.9 Å². The molecule has 0 aliphatic heterocycles. The summed E-state index contributed by atoms with van der Waals surface area (Å²) in [5, 5.41) is 9.03. The van der Waals surface area contributed by atoms with E-state index in [1.807, 2.05) is 17.8 Å². The van der Waals surface area contributed by atoms with E-state index in [2.05, 4.69) is 27.6 Å². The number of nitrogens with one attached hydrogen (secondary N) is 1. The molecule has 0 amide bonds. The molecular weight excluding hydrogens is 236 g/mol. The Balaban J connectivity index is 2.31. The van der Waals surface area contributed by atoms with Gasteiger partial charge in [-0.05, 0) is 13.3 Å². The Morgan fingerprint density at radius 3 is 2.94 bits per heavy atom. The van der Waals surface area contributed by atoms with Gasteiger partial charge in [-0.15, -0.1) is 16.4 Å². The number of aromatic nitrogens is 4. The first-order chi connectivity index (χ1) is 8.26. The topological polar surface area (TPSA) is 81.7 Å². The van der Waals surface area contributed by atoms with E-state index in [0.29, 0.717) is 0 Å². The summed E-state index contributed by atoms with van der Waals surface area (Å²) < 4.78 is 1.87. The van der Waals surface area contributed by atoms with Crippen molar-refractivity contribution in [1.82, 2.24) is 25.4 Å². The Labute approximate surface area is 104 Å². The minimum absolute atomic E-state index is 0.0947. The number of aryl methyl sites for hydroxylation is 2. The molecule has 6 nitrogen and oxygen atoms in total. The number of rotatable bonds is 5. The van der Waals surface area contributed by atoms with Gasteiger partial charge in [0.1, 0.15) is 6.04 Å². The molecule has 0 saturated heterocycles. The van der Waals surface area contributed by atoms with Crippen molar-refractivity contribution in [3.8, 4) is 0 Å². The van der Waals surface area contributed by atoms with Gasteiger partial charge in [-0.1, -0.05) is 12.1 Å². The number of hydrazine groups is 1. The molecule has 0 spiro atoms. The molecule has 17 heavy (non-hydrogen) atoms. The van der Waals surface area contributed by atoms with Crippen LogP contribution in [0, 0.1) is 6.92 Å². The lowest BCUT2D eigenvalue weighted by atomic mass is 10.2. The molecule has 92 valence electrons. The maximum atomic E-state index is 5.63. The molecule has 0 fully saturated rings. The van der Waals surface area contributed by atoms with E-state index < -0.39 is 0 Å². The summed E-state index contributed by atoms with van der Waals surface area (Å²) in [7, 11) is 0. The highest BCUT2D eigenvalue weighted by atomic mass is 32.1. The van der Waals surface area contributed by atoms with Gasteiger partial charge >= 0.3 is 0 Å². The second kappa shape index (κ2) is 5.35. The lowest BCUT2D eigenvalue weighted by Gasteiger charge is -2.14. The van der Waals surface area contributed by atoms with E-state index in [1.54, 1.807) is 17.5 Å². The van der Waals surface area contributed by atoms with Crippen LogP contribution in [0.3, 0.4) is 0 Å². The van der Waals surface area contributed by atoms with Crippen molar-refractivity contribution in [3.05, 3.63) is 28.0 Å². The Morgan fingerprint density at radius 2 is 2.35 bits per heavy atom. The Kier molecular flexibility index (Phi) is 3.82. The fourth-order valence-electron chi connectivity index (χ4n) is 1.70. The van der Waals surface area contributed by atoms with Gasteiger partial charge in [0.15, 0.2) is 0 Å². The number of hydrogen-bond acceptors (Lipinski definition) is 6. The Morgan fingerprint density at radius 1 is 1.53 bits per heavy atom. The van der Waals surface area contributed by atoms with Crippen LogP contribution in [0.5, 0.6) is 0 Å². The van der Waals surface area contributed by atoms with Crippen LogP contribution in [-0.2, 0) is 6.54 Å². The van der Waals surface area contributed by atoms with Crippen LogP contribution < -0.4 is 11.3 Å². The SMILES string of the molecule is CCCn1nncc1C(NN)c1cnc(C)s1. The van der Waals surface area contributed by atoms with E-state index >= 15 is 0 Å². The van der Waals surface area contributed by atoms with E-state index in [9.17, 15) is 0 Å². The largest absolute Gasteiger partial charge is 0.270 e. The van der Waals surface area contributed by atoms with Gasteiger partial charge in [-0.25, -0.2) is 15.1 Å². The van der Waals surface area contributed by atoms with E-state index in [1.165, 1.54) is 0 Å². The van der Waals surface area contributed by atoms with Crippen LogP contribution in [0.4, 0.5) is 0 Å². The van der Waals surface area contributed by atoms with Crippen LogP contribution in [0.15, 0.2) is 12.4 Å². The fraction of sp³-hybridized carbons (Fsp3) is 0.500. The minimum atomic E-state index is -0.0947. The molecule has 2 aromatic rings.